The quantitative estimate of drug-likeness (QED) is 0.105. The van der Waals surface area contributed by atoms with Gasteiger partial charge in [0, 0.05) is 18.0 Å². The van der Waals surface area contributed by atoms with Gasteiger partial charge in [-0.25, -0.2) is 10.7 Å². The van der Waals surface area contributed by atoms with Crippen molar-refractivity contribution in [3.63, 3.8) is 0 Å². The Morgan fingerprint density at radius 1 is 1.16 bits per heavy atom. The molecule has 0 bridgehead atoms. The highest BCUT2D eigenvalue weighted by Gasteiger charge is 2.39. The number of piperidine rings is 1. The molecule has 32 heavy (non-hydrogen) atoms. The number of guanidine groups is 1. The van der Waals surface area contributed by atoms with Crippen molar-refractivity contribution in [3.05, 3.63) is 29.8 Å². The molecule has 0 aliphatic carbocycles. The van der Waals surface area contributed by atoms with E-state index in [1.54, 1.807) is 36.3 Å². The average Bonchev–Trinajstić information content (AvgIpc) is 3.16. The maximum atomic E-state index is 12.9. The van der Waals surface area contributed by atoms with Crippen molar-refractivity contribution in [2.75, 3.05) is 40.3 Å². The molecule has 2 saturated heterocycles. The first-order valence-corrected chi connectivity index (χ1v) is 10.7. The Labute approximate surface area is 187 Å². The second-order valence-corrected chi connectivity index (χ2v) is 8.12. The third kappa shape index (κ3) is 5.35. The van der Waals surface area contributed by atoms with Gasteiger partial charge >= 0.3 is 11.9 Å². The molecule has 0 aromatic heterocycles. The molecule has 174 valence electrons. The van der Waals surface area contributed by atoms with Crippen LogP contribution in [0.25, 0.3) is 0 Å². The summed E-state index contributed by atoms with van der Waals surface area (Å²) in [4.78, 5) is 41.6. The molecule has 2 aliphatic rings. The van der Waals surface area contributed by atoms with Gasteiger partial charge in [0.1, 0.15) is 12.3 Å². The zero-order chi connectivity index (χ0) is 23.3. The summed E-state index contributed by atoms with van der Waals surface area (Å²) in [6.07, 6.45) is 2.07. The number of hydrogen-bond acceptors (Lipinski definition) is 7. The number of ketones is 1. The van der Waals surface area contributed by atoms with Crippen molar-refractivity contribution in [1.29, 1.82) is 0 Å². The predicted octanol–water partition coefficient (Wildman–Crippen LogP) is -1.36. The van der Waals surface area contributed by atoms with Crippen LogP contribution in [-0.4, -0.2) is 84.4 Å². The molecule has 2 heterocycles. The molecule has 6 N–H and O–H groups in total. The first kappa shape index (κ1) is 23.5. The van der Waals surface area contributed by atoms with E-state index >= 15 is 0 Å². The monoisotopic (exact) mass is 446 g/mol. The van der Waals surface area contributed by atoms with Gasteiger partial charge in [0.25, 0.3) is 0 Å². The van der Waals surface area contributed by atoms with E-state index in [0.29, 0.717) is 44.5 Å². The second kappa shape index (κ2) is 10.4. The highest BCUT2D eigenvalue weighted by Crippen LogP contribution is 2.27. The molecular weight excluding hydrogens is 414 g/mol. The van der Waals surface area contributed by atoms with Crippen LogP contribution in [0.3, 0.4) is 0 Å². The normalized spacial score (nSPS) is 20.7. The zero-order valence-electron chi connectivity index (χ0n) is 18.5. The van der Waals surface area contributed by atoms with Crippen LogP contribution in [0.5, 0.6) is 5.75 Å². The number of methoxy groups -OCH3 is 1. The number of nitrogens with zero attached hydrogens (tertiary/aromatic N) is 3. The molecule has 1 aromatic carbocycles. The number of hydrazine groups is 2. The second-order valence-electron chi connectivity index (χ2n) is 8.12. The lowest BCUT2D eigenvalue weighted by molar-refractivity contribution is -0.513. The van der Waals surface area contributed by atoms with Gasteiger partial charge in [-0.2, -0.15) is 10.5 Å². The van der Waals surface area contributed by atoms with E-state index in [-0.39, 0.29) is 42.1 Å². The Kier molecular flexibility index (Phi) is 7.65. The van der Waals surface area contributed by atoms with Crippen molar-refractivity contribution in [2.24, 2.45) is 17.6 Å². The molecule has 2 aliphatic heterocycles. The van der Waals surface area contributed by atoms with E-state index in [0.717, 1.165) is 10.4 Å². The van der Waals surface area contributed by atoms with E-state index in [1.807, 2.05) is 0 Å². The zero-order valence-corrected chi connectivity index (χ0v) is 18.5. The number of nitrogens with one attached hydrogen (secondary N) is 2. The fraction of sp³-hybridized carbons (Fsp3) is 0.524. The van der Waals surface area contributed by atoms with Gasteiger partial charge < -0.3 is 9.64 Å². The van der Waals surface area contributed by atoms with Crippen LogP contribution in [0.4, 0.5) is 0 Å². The van der Waals surface area contributed by atoms with Crippen molar-refractivity contribution >= 4 is 23.6 Å². The molecule has 11 nitrogen and oxygen atoms in total. The van der Waals surface area contributed by atoms with Gasteiger partial charge in [0.2, 0.25) is 5.91 Å². The molecule has 11 heteroatoms. The lowest BCUT2D eigenvalue weighted by Crippen LogP contribution is -2.53. The predicted molar refractivity (Wildman–Crippen MR) is 117 cm³/mol. The number of nitrogens with two attached hydrogens (primary N) is 2. The summed E-state index contributed by atoms with van der Waals surface area (Å²) in [5, 5.41) is 2.54. The number of hydrogen-bond donors (Lipinski definition) is 4. The number of amides is 2. The standard InChI is InChI=1S/C21H31N7O4/c1-26(23)21(25-22)24-18(29)13-28-12-9-17(20(28)31)27-10-7-15(8-11-27)19(30)14-3-5-16(32-2)6-4-14/h3-6,15,17H,7-13,22-23H2,1-2H3,(H,24,25,29)/p+1. The van der Waals surface area contributed by atoms with Gasteiger partial charge in [0.15, 0.2) is 5.78 Å². The van der Waals surface area contributed by atoms with Gasteiger partial charge in [-0.3, -0.25) is 25.1 Å². The molecule has 2 fully saturated rings. The number of carbonyl (C=O) groups excluding carboxylic acids is 3. The molecule has 1 unspecified atom stereocenters. The van der Waals surface area contributed by atoms with Crippen LogP contribution < -0.4 is 27.2 Å². The van der Waals surface area contributed by atoms with Gasteiger partial charge in [-0.1, -0.05) is 0 Å². The van der Waals surface area contributed by atoms with Gasteiger partial charge in [-0.15, -0.1) is 0 Å². The van der Waals surface area contributed by atoms with Crippen LogP contribution in [0, 0.1) is 5.92 Å². The number of ether oxygens (including phenoxy) is 1. The summed E-state index contributed by atoms with van der Waals surface area (Å²) < 4.78 is 6.29. The van der Waals surface area contributed by atoms with E-state index in [9.17, 15) is 14.4 Å². The molecule has 0 radical (unpaired) electrons. The summed E-state index contributed by atoms with van der Waals surface area (Å²) in [7, 11) is 3.12. The fourth-order valence-corrected chi connectivity index (χ4v) is 4.25. The largest absolute Gasteiger partial charge is 0.497 e. The lowest BCUT2D eigenvalue weighted by atomic mass is 9.88. The Hall–Kier alpha value is -3.18. The van der Waals surface area contributed by atoms with Crippen molar-refractivity contribution in [1.82, 2.24) is 20.5 Å². The SMILES string of the molecule is COc1ccc(C(=O)C2CCN(C3CCN(CC(=O)N/C(NN)=[N+](\C)N)C3=O)CC2)cc1. The number of rotatable bonds is 6. The van der Waals surface area contributed by atoms with Crippen LogP contribution in [-0.2, 0) is 9.59 Å². The highest BCUT2D eigenvalue weighted by atomic mass is 16.5. The van der Waals surface area contributed by atoms with E-state index < -0.39 is 0 Å². The molecule has 0 spiro atoms. The number of carbonyl (C=O) groups is 3. The molecule has 2 amide bonds. The van der Waals surface area contributed by atoms with Crippen LogP contribution in [0.2, 0.25) is 0 Å². The van der Waals surface area contributed by atoms with E-state index in [1.165, 1.54) is 7.05 Å². The third-order valence-electron chi connectivity index (χ3n) is 6.07. The van der Waals surface area contributed by atoms with Crippen LogP contribution in [0.15, 0.2) is 24.3 Å². The Bertz CT molecular complexity index is 875. The van der Waals surface area contributed by atoms with Crippen molar-refractivity contribution < 1.29 is 23.8 Å². The van der Waals surface area contributed by atoms with Gasteiger partial charge in [0.05, 0.1) is 20.2 Å². The molecule has 1 atom stereocenters. The lowest BCUT2D eigenvalue weighted by Gasteiger charge is -2.34. The first-order chi connectivity index (χ1) is 15.3. The van der Waals surface area contributed by atoms with Crippen molar-refractivity contribution in [3.8, 4) is 5.75 Å². The minimum Gasteiger partial charge on any atom is -0.497 e. The number of Topliss-reactive ketones (excluding diaryl/α,β-unsaturated/α-hetero) is 1. The summed E-state index contributed by atoms with van der Waals surface area (Å²) in [5.74, 6) is 11.4. The Morgan fingerprint density at radius 2 is 1.81 bits per heavy atom. The minimum atomic E-state index is -0.381. The van der Waals surface area contributed by atoms with Gasteiger partial charge in [-0.05, 0) is 56.6 Å². The number of likely N-dealkylation sites (tertiary alicyclic amines) is 2. The maximum Gasteiger partial charge on any atom is 0.391 e. The topological polar surface area (TPSA) is 146 Å². The highest BCUT2D eigenvalue weighted by molar-refractivity contribution is 5.98. The number of benzene rings is 1. The summed E-state index contributed by atoms with van der Waals surface area (Å²) in [6.45, 7) is 1.79. The maximum absolute atomic E-state index is 12.9. The van der Waals surface area contributed by atoms with E-state index in [2.05, 4.69) is 15.6 Å². The minimum absolute atomic E-state index is 0.0518. The third-order valence-corrected chi connectivity index (χ3v) is 6.07. The molecule has 0 saturated carbocycles. The fourth-order valence-electron chi connectivity index (χ4n) is 4.25. The summed E-state index contributed by atoms with van der Waals surface area (Å²) in [5.41, 5.74) is 2.98. The van der Waals surface area contributed by atoms with Crippen LogP contribution >= 0.6 is 0 Å². The molecule has 1 aromatic rings. The number of hydrazone groups is 1. The van der Waals surface area contributed by atoms with Crippen LogP contribution in [0.1, 0.15) is 29.6 Å². The average molecular weight is 447 g/mol. The Balaban J connectivity index is 1.50. The Morgan fingerprint density at radius 3 is 2.38 bits per heavy atom. The molecule has 3 rings (SSSR count). The van der Waals surface area contributed by atoms with E-state index in [4.69, 9.17) is 16.4 Å². The smallest absolute Gasteiger partial charge is 0.391 e. The van der Waals surface area contributed by atoms with Crippen molar-refractivity contribution in [2.45, 2.75) is 25.3 Å². The first-order valence-electron chi connectivity index (χ1n) is 10.7. The summed E-state index contributed by atoms with van der Waals surface area (Å²) >= 11 is 0. The molecular formula is C21H32N7O4+. The summed E-state index contributed by atoms with van der Waals surface area (Å²) in [6, 6.07) is 6.92.